The van der Waals surface area contributed by atoms with Crippen LogP contribution in [0, 0.1) is 20.8 Å². The van der Waals surface area contributed by atoms with Gasteiger partial charge in [-0.05, 0) is 31.9 Å². The molecule has 3 heteroatoms. The second kappa shape index (κ2) is 9.15. The van der Waals surface area contributed by atoms with Gasteiger partial charge in [0.1, 0.15) is 0 Å². The summed E-state index contributed by atoms with van der Waals surface area (Å²) in [5.41, 5.74) is 6.23. The fraction of sp³-hybridized carbons (Fsp3) is 0.136. The second-order valence-electron chi connectivity index (χ2n) is 6.09. The van der Waals surface area contributed by atoms with E-state index < -0.39 is 7.80 Å². The van der Waals surface area contributed by atoms with E-state index in [0.717, 1.165) is 11.1 Å². The van der Waals surface area contributed by atoms with E-state index in [9.17, 15) is 9.36 Å². The first-order valence-electron chi connectivity index (χ1n) is 8.19. The van der Waals surface area contributed by atoms with Crippen molar-refractivity contribution in [3.05, 3.63) is 89.5 Å². The maximum Gasteiger partial charge on any atom is 0.180 e. The lowest BCUT2D eigenvalue weighted by molar-refractivity contribution is 0.560. The third-order valence-corrected chi connectivity index (χ3v) is 4.87. The van der Waals surface area contributed by atoms with Crippen LogP contribution in [-0.2, 0) is 9.36 Å². The Morgan fingerprint density at radius 3 is 1.56 bits per heavy atom. The molecule has 0 amide bonds. The van der Waals surface area contributed by atoms with Crippen molar-refractivity contribution in [1.82, 2.24) is 0 Å². The average molecular weight is 350 g/mol. The molecule has 0 radical (unpaired) electrons. The van der Waals surface area contributed by atoms with Crippen LogP contribution in [0.3, 0.4) is 0 Å². The smallest absolute Gasteiger partial charge is 0.180 e. The van der Waals surface area contributed by atoms with Gasteiger partial charge in [-0.15, -0.1) is 0 Å². The third kappa shape index (κ3) is 5.85. The first-order valence-corrected chi connectivity index (χ1v) is 9.68. The minimum Gasteiger partial charge on any atom is -0.314 e. The van der Waals surface area contributed by atoms with Gasteiger partial charge in [-0.25, -0.2) is 0 Å². The van der Waals surface area contributed by atoms with Gasteiger partial charge in [0, 0.05) is 5.30 Å². The molecule has 1 unspecified atom stereocenters. The molecule has 3 rings (SSSR count). The van der Waals surface area contributed by atoms with E-state index in [-0.39, 0.29) is 0 Å². The molecule has 128 valence electrons. The minimum absolute atomic E-state index is 0.516. The van der Waals surface area contributed by atoms with Crippen molar-refractivity contribution in [2.75, 3.05) is 0 Å². The van der Waals surface area contributed by atoms with Crippen LogP contribution in [-0.4, -0.2) is 6.03 Å². The van der Waals surface area contributed by atoms with Crippen LogP contribution in [0.15, 0.2) is 72.8 Å². The Kier molecular flexibility index (Phi) is 6.91. The summed E-state index contributed by atoms with van der Waals surface area (Å²) in [6.45, 7) is 6.38. The van der Waals surface area contributed by atoms with E-state index >= 15 is 0 Å². The first kappa shape index (κ1) is 18.9. The summed E-state index contributed by atoms with van der Waals surface area (Å²) in [7, 11) is -2.24. The number of aryl methyl sites for hydroxylation is 3. The van der Waals surface area contributed by atoms with Crippen molar-refractivity contribution in [3.8, 4) is 11.1 Å². The lowest BCUT2D eigenvalue weighted by Gasteiger charge is -2.02. The van der Waals surface area contributed by atoms with Crippen molar-refractivity contribution in [2.24, 2.45) is 0 Å². The SMILES string of the molecule is Cc1cc(C)cc(C)c1.O=C[PH](=O)c1ccc(-c2ccccc2)cc1. The van der Waals surface area contributed by atoms with E-state index in [0.29, 0.717) is 11.3 Å². The highest BCUT2D eigenvalue weighted by molar-refractivity contribution is 7.68. The summed E-state index contributed by atoms with van der Waals surface area (Å²) >= 11 is 0. The van der Waals surface area contributed by atoms with Gasteiger partial charge in [-0.1, -0.05) is 89.5 Å². The van der Waals surface area contributed by atoms with Crippen molar-refractivity contribution < 1.29 is 9.36 Å². The Morgan fingerprint density at radius 1 is 0.680 bits per heavy atom. The number of carbonyl (C=O) groups excluding carboxylic acids is 1. The lowest BCUT2D eigenvalue weighted by atomic mass is 10.1. The van der Waals surface area contributed by atoms with Gasteiger partial charge in [0.15, 0.2) is 13.8 Å². The molecule has 0 aromatic heterocycles. The molecule has 0 saturated heterocycles. The molecule has 0 heterocycles. The zero-order valence-corrected chi connectivity index (χ0v) is 15.8. The maximum atomic E-state index is 11.3. The molecule has 2 nitrogen and oxygen atoms in total. The zero-order valence-electron chi connectivity index (χ0n) is 14.8. The van der Waals surface area contributed by atoms with Gasteiger partial charge in [0.2, 0.25) is 0 Å². The van der Waals surface area contributed by atoms with E-state index in [4.69, 9.17) is 0 Å². The molecule has 0 fully saturated rings. The molecule has 0 N–H and O–H groups in total. The molecular formula is C22H23O2P. The van der Waals surface area contributed by atoms with Gasteiger partial charge in [0.05, 0.1) is 0 Å². The normalized spacial score (nSPS) is 11.2. The second-order valence-corrected chi connectivity index (χ2v) is 7.63. The summed E-state index contributed by atoms with van der Waals surface area (Å²) < 4.78 is 11.3. The van der Waals surface area contributed by atoms with Crippen LogP contribution in [0.4, 0.5) is 0 Å². The topological polar surface area (TPSA) is 34.1 Å². The Hall–Kier alpha value is -2.44. The first-order chi connectivity index (χ1) is 12.0. The number of benzene rings is 3. The summed E-state index contributed by atoms with van der Waals surface area (Å²) in [6, 6.07) is 24.3. The van der Waals surface area contributed by atoms with E-state index in [1.165, 1.54) is 16.7 Å². The average Bonchev–Trinajstić information content (AvgIpc) is 2.61. The van der Waals surface area contributed by atoms with Crippen LogP contribution >= 0.6 is 7.80 Å². The van der Waals surface area contributed by atoms with Crippen LogP contribution in [0.5, 0.6) is 0 Å². The zero-order chi connectivity index (χ0) is 18.2. The molecule has 3 aromatic carbocycles. The lowest BCUT2D eigenvalue weighted by Crippen LogP contribution is -1.95. The van der Waals surface area contributed by atoms with E-state index in [1.54, 1.807) is 12.1 Å². The van der Waals surface area contributed by atoms with Crippen LogP contribution < -0.4 is 5.30 Å². The summed E-state index contributed by atoms with van der Waals surface area (Å²) in [5.74, 6) is 0. The molecule has 25 heavy (non-hydrogen) atoms. The van der Waals surface area contributed by atoms with Gasteiger partial charge in [-0.3, -0.25) is 4.79 Å². The van der Waals surface area contributed by atoms with Gasteiger partial charge >= 0.3 is 0 Å². The molecule has 0 aliphatic rings. The summed E-state index contributed by atoms with van der Waals surface area (Å²) in [4.78, 5) is 10.4. The third-order valence-electron chi connectivity index (χ3n) is 3.75. The fourth-order valence-corrected chi connectivity index (χ4v) is 3.36. The predicted octanol–water partition coefficient (Wildman–Crippen LogP) is 5.34. The number of rotatable bonds is 3. The van der Waals surface area contributed by atoms with Gasteiger partial charge < -0.3 is 4.57 Å². The molecule has 0 aliphatic heterocycles. The number of hydrogen-bond donors (Lipinski definition) is 0. The Balaban J connectivity index is 0.000000212. The maximum absolute atomic E-state index is 11.3. The highest BCUT2D eigenvalue weighted by Crippen LogP contribution is 2.21. The Bertz CT molecular complexity index is 802. The standard InChI is InChI=1S/C13H11O2P.C9H12/c14-10-16(15)13-8-6-12(7-9-13)11-4-2-1-3-5-11;1-7-4-8(2)6-9(3)5-7/h1-10,16H;4-6H,1-3H3. The van der Waals surface area contributed by atoms with E-state index in [1.807, 2.05) is 42.5 Å². The number of hydrogen-bond acceptors (Lipinski definition) is 2. The Labute approximate surface area is 150 Å². The molecule has 0 aliphatic carbocycles. The van der Waals surface area contributed by atoms with Crippen LogP contribution in [0.25, 0.3) is 11.1 Å². The summed E-state index contributed by atoms with van der Waals surface area (Å²) in [6.07, 6.45) is 0. The molecule has 1 atom stereocenters. The fourth-order valence-electron chi connectivity index (χ4n) is 2.73. The molecule has 3 aromatic rings. The molecular weight excluding hydrogens is 327 g/mol. The summed E-state index contributed by atoms with van der Waals surface area (Å²) in [5, 5.41) is 0.611. The minimum atomic E-state index is -2.24. The Morgan fingerprint density at radius 2 is 1.12 bits per heavy atom. The monoisotopic (exact) mass is 350 g/mol. The highest BCUT2D eigenvalue weighted by atomic mass is 31.1. The van der Waals surface area contributed by atoms with Crippen molar-refractivity contribution >= 4 is 19.1 Å². The van der Waals surface area contributed by atoms with Crippen LogP contribution in [0.2, 0.25) is 0 Å². The van der Waals surface area contributed by atoms with Gasteiger partial charge in [0.25, 0.3) is 0 Å². The quantitative estimate of drug-likeness (QED) is 0.472. The van der Waals surface area contributed by atoms with Gasteiger partial charge in [-0.2, -0.15) is 0 Å². The number of carbonyl (C=O) groups is 1. The molecule has 0 bridgehead atoms. The largest absolute Gasteiger partial charge is 0.314 e. The molecule has 0 spiro atoms. The predicted molar refractivity (Wildman–Crippen MR) is 108 cm³/mol. The van der Waals surface area contributed by atoms with Crippen LogP contribution in [0.1, 0.15) is 16.7 Å². The van der Waals surface area contributed by atoms with Crippen molar-refractivity contribution in [2.45, 2.75) is 20.8 Å². The highest BCUT2D eigenvalue weighted by Gasteiger charge is 2.02. The van der Waals surface area contributed by atoms with E-state index in [2.05, 4.69) is 39.0 Å². The van der Waals surface area contributed by atoms with Crippen molar-refractivity contribution in [3.63, 3.8) is 0 Å². The molecule has 0 saturated carbocycles. The van der Waals surface area contributed by atoms with Crippen molar-refractivity contribution in [1.29, 1.82) is 0 Å².